The molecule has 0 aliphatic carbocycles. The molecule has 4 nitrogen and oxygen atoms in total. The maximum Gasteiger partial charge on any atom is 0.243 e. The summed E-state index contributed by atoms with van der Waals surface area (Å²) in [5.74, 6) is -0.226. The summed E-state index contributed by atoms with van der Waals surface area (Å²) in [5, 5.41) is 3.53. The number of hydrogen-bond acceptors (Lipinski definition) is 2. The van der Waals surface area contributed by atoms with E-state index < -0.39 is 6.04 Å². The van der Waals surface area contributed by atoms with Crippen molar-refractivity contribution in [1.82, 2.24) is 10.2 Å². The topological polar surface area (TPSA) is 49.4 Å². The zero-order valence-electron chi connectivity index (χ0n) is 17.0. The molecule has 0 aliphatic rings. The number of rotatable bonds is 8. The molecule has 0 aliphatic heterocycles. The highest BCUT2D eigenvalue weighted by molar-refractivity contribution is 6.31. The summed E-state index contributed by atoms with van der Waals surface area (Å²) in [6.45, 7) is 8.06. The van der Waals surface area contributed by atoms with Crippen LogP contribution >= 0.6 is 11.6 Å². The summed E-state index contributed by atoms with van der Waals surface area (Å²) in [5.41, 5.74) is 2.91. The van der Waals surface area contributed by atoms with E-state index in [-0.39, 0.29) is 24.3 Å². The van der Waals surface area contributed by atoms with Gasteiger partial charge in [-0.15, -0.1) is 0 Å². The molecule has 2 amide bonds. The van der Waals surface area contributed by atoms with E-state index in [0.717, 1.165) is 16.7 Å². The van der Waals surface area contributed by atoms with Gasteiger partial charge in [-0.25, -0.2) is 0 Å². The Morgan fingerprint density at radius 1 is 1.07 bits per heavy atom. The van der Waals surface area contributed by atoms with Crippen LogP contribution in [0.5, 0.6) is 0 Å². The van der Waals surface area contributed by atoms with Gasteiger partial charge in [-0.05, 0) is 44.4 Å². The second-order valence-corrected chi connectivity index (χ2v) is 7.77. The van der Waals surface area contributed by atoms with E-state index in [1.807, 2.05) is 70.2 Å². The van der Waals surface area contributed by atoms with Gasteiger partial charge in [0, 0.05) is 17.6 Å². The number of halogens is 1. The molecule has 5 heteroatoms. The summed E-state index contributed by atoms with van der Waals surface area (Å²) in [7, 11) is 0. The van der Waals surface area contributed by atoms with Crippen LogP contribution in [0.4, 0.5) is 0 Å². The second kappa shape index (κ2) is 10.3. The maximum absolute atomic E-state index is 13.2. The molecule has 0 heterocycles. The van der Waals surface area contributed by atoms with Gasteiger partial charge in [0.25, 0.3) is 0 Å². The lowest BCUT2D eigenvalue weighted by molar-refractivity contribution is -0.141. The van der Waals surface area contributed by atoms with Crippen LogP contribution in [0.15, 0.2) is 48.5 Å². The maximum atomic E-state index is 13.2. The third kappa shape index (κ3) is 6.10. The van der Waals surface area contributed by atoms with E-state index in [1.54, 1.807) is 11.0 Å². The Labute approximate surface area is 172 Å². The normalized spacial score (nSPS) is 11.9. The van der Waals surface area contributed by atoms with Crippen molar-refractivity contribution in [2.24, 2.45) is 0 Å². The van der Waals surface area contributed by atoms with Crippen LogP contribution in [0.25, 0.3) is 0 Å². The monoisotopic (exact) mass is 400 g/mol. The number of carbonyl (C=O) groups excluding carboxylic acids is 2. The highest BCUT2D eigenvalue weighted by Gasteiger charge is 2.29. The average molecular weight is 401 g/mol. The van der Waals surface area contributed by atoms with Crippen LogP contribution in [-0.4, -0.2) is 28.8 Å². The van der Waals surface area contributed by atoms with Gasteiger partial charge in [-0.1, -0.05) is 66.6 Å². The minimum Gasteiger partial charge on any atom is -0.352 e. The van der Waals surface area contributed by atoms with Crippen molar-refractivity contribution in [3.8, 4) is 0 Å². The molecule has 28 heavy (non-hydrogen) atoms. The van der Waals surface area contributed by atoms with Gasteiger partial charge in [-0.2, -0.15) is 0 Å². The molecule has 0 aromatic heterocycles. The predicted octanol–water partition coefficient (Wildman–Crippen LogP) is 4.52. The van der Waals surface area contributed by atoms with E-state index in [0.29, 0.717) is 18.0 Å². The SMILES string of the molecule is CC[C@H](C(=O)NC(C)C)N(Cc1ccccc1Cl)C(=O)Cc1ccc(C)cc1. The van der Waals surface area contributed by atoms with Crippen LogP contribution in [-0.2, 0) is 22.6 Å². The molecule has 2 aromatic rings. The largest absolute Gasteiger partial charge is 0.352 e. The van der Waals surface area contributed by atoms with Gasteiger partial charge < -0.3 is 10.2 Å². The molecule has 0 bridgehead atoms. The molecule has 0 radical (unpaired) electrons. The summed E-state index contributed by atoms with van der Waals surface area (Å²) in [4.78, 5) is 27.6. The third-order valence-corrected chi connectivity index (χ3v) is 4.96. The van der Waals surface area contributed by atoms with Crippen molar-refractivity contribution in [2.45, 2.75) is 59.2 Å². The minimum absolute atomic E-state index is 0.0101. The van der Waals surface area contributed by atoms with Crippen molar-refractivity contribution < 1.29 is 9.59 Å². The zero-order valence-corrected chi connectivity index (χ0v) is 17.8. The van der Waals surface area contributed by atoms with Gasteiger partial charge in [0.05, 0.1) is 6.42 Å². The average Bonchev–Trinajstić information content (AvgIpc) is 2.64. The standard InChI is InChI=1S/C23H29ClN2O2/c1-5-21(23(28)25-16(2)3)26(15-19-8-6-7-9-20(19)24)22(27)14-18-12-10-17(4)11-13-18/h6-13,16,21H,5,14-15H2,1-4H3,(H,25,28)/t21-/m1/s1. The molecule has 1 atom stereocenters. The molecule has 0 fully saturated rings. The van der Waals surface area contributed by atoms with E-state index in [4.69, 9.17) is 11.6 Å². The zero-order chi connectivity index (χ0) is 20.7. The van der Waals surface area contributed by atoms with Crippen LogP contribution in [0.3, 0.4) is 0 Å². The van der Waals surface area contributed by atoms with Crippen molar-refractivity contribution in [1.29, 1.82) is 0 Å². The summed E-state index contributed by atoms with van der Waals surface area (Å²) < 4.78 is 0. The molecule has 0 spiro atoms. The Hall–Kier alpha value is -2.33. The van der Waals surface area contributed by atoms with E-state index in [2.05, 4.69) is 5.32 Å². The van der Waals surface area contributed by atoms with Gasteiger partial charge in [-0.3, -0.25) is 9.59 Å². The Morgan fingerprint density at radius 2 is 1.71 bits per heavy atom. The third-order valence-electron chi connectivity index (χ3n) is 4.59. The highest BCUT2D eigenvalue weighted by Crippen LogP contribution is 2.20. The van der Waals surface area contributed by atoms with Crippen LogP contribution < -0.4 is 5.32 Å². The first-order valence-electron chi connectivity index (χ1n) is 9.70. The molecule has 2 aromatic carbocycles. The Kier molecular flexibility index (Phi) is 8.06. The fraction of sp³-hybridized carbons (Fsp3) is 0.391. The number of benzene rings is 2. The number of aryl methyl sites for hydroxylation is 1. The quantitative estimate of drug-likeness (QED) is 0.708. The first-order valence-corrected chi connectivity index (χ1v) is 10.1. The summed E-state index contributed by atoms with van der Waals surface area (Å²) in [6, 6.07) is 14.8. The van der Waals surface area contributed by atoms with Crippen LogP contribution in [0, 0.1) is 6.92 Å². The molecule has 0 saturated heterocycles. The Morgan fingerprint density at radius 3 is 2.29 bits per heavy atom. The lowest BCUT2D eigenvalue weighted by Gasteiger charge is -2.31. The fourth-order valence-electron chi connectivity index (χ4n) is 3.09. The Balaban J connectivity index is 2.30. The summed E-state index contributed by atoms with van der Waals surface area (Å²) in [6.07, 6.45) is 0.777. The molecular formula is C23H29ClN2O2. The number of nitrogens with one attached hydrogen (secondary N) is 1. The van der Waals surface area contributed by atoms with Gasteiger partial charge in [0.15, 0.2) is 0 Å². The molecule has 0 unspecified atom stereocenters. The fourth-order valence-corrected chi connectivity index (χ4v) is 3.29. The van der Waals surface area contributed by atoms with Gasteiger partial charge in [0.1, 0.15) is 6.04 Å². The molecule has 1 N–H and O–H groups in total. The molecule has 0 saturated carbocycles. The first-order chi connectivity index (χ1) is 13.3. The minimum atomic E-state index is -0.545. The van der Waals surface area contributed by atoms with Crippen molar-refractivity contribution in [3.63, 3.8) is 0 Å². The molecular weight excluding hydrogens is 372 g/mol. The van der Waals surface area contributed by atoms with Crippen molar-refractivity contribution in [2.75, 3.05) is 0 Å². The number of nitrogens with zero attached hydrogens (tertiary/aromatic N) is 1. The van der Waals surface area contributed by atoms with Gasteiger partial charge >= 0.3 is 0 Å². The van der Waals surface area contributed by atoms with Gasteiger partial charge in [0.2, 0.25) is 11.8 Å². The lowest BCUT2D eigenvalue weighted by Crippen LogP contribution is -2.50. The van der Waals surface area contributed by atoms with Crippen molar-refractivity contribution >= 4 is 23.4 Å². The second-order valence-electron chi connectivity index (χ2n) is 7.36. The lowest BCUT2D eigenvalue weighted by atomic mass is 10.1. The van der Waals surface area contributed by atoms with E-state index >= 15 is 0 Å². The number of hydrogen-bond donors (Lipinski definition) is 1. The molecule has 150 valence electrons. The van der Waals surface area contributed by atoms with Crippen molar-refractivity contribution in [3.05, 3.63) is 70.2 Å². The summed E-state index contributed by atoms with van der Waals surface area (Å²) >= 11 is 6.32. The molecule has 2 rings (SSSR count). The predicted molar refractivity (Wildman–Crippen MR) is 114 cm³/mol. The number of amides is 2. The van der Waals surface area contributed by atoms with E-state index in [1.165, 1.54) is 0 Å². The van der Waals surface area contributed by atoms with Crippen LogP contribution in [0.2, 0.25) is 5.02 Å². The Bertz CT molecular complexity index is 803. The smallest absolute Gasteiger partial charge is 0.243 e. The van der Waals surface area contributed by atoms with Crippen LogP contribution in [0.1, 0.15) is 43.9 Å². The van der Waals surface area contributed by atoms with E-state index in [9.17, 15) is 9.59 Å². The first kappa shape index (κ1) is 22.0. The highest BCUT2D eigenvalue weighted by atomic mass is 35.5. The number of carbonyl (C=O) groups is 2.